The molecule has 0 fully saturated rings. The summed E-state index contributed by atoms with van der Waals surface area (Å²) in [5, 5.41) is 0. The van der Waals surface area contributed by atoms with Crippen LogP contribution in [0.4, 0.5) is 0 Å². The molecule has 0 aromatic carbocycles. The van der Waals surface area contributed by atoms with Gasteiger partial charge in [0.2, 0.25) is 9.76 Å². The van der Waals surface area contributed by atoms with Crippen molar-refractivity contribution >= 4 is 24.0 Å². The minimum atomic E-state index is -2.06. The third-order valence-electron chi connectivity index (χ3n) is 4.53. The van der Waals surface area contributed by atoms with Crippen LogP contribution in [-0.2, 0) is 13.6 Å². The molecule has 0 N–H and O–H groups in total. The highest BCUT2D eigenvalue weighted by atomic mass is 28.4. The van der Waals surface area contributed by atoms with E-state index in [1.54, 1.807) is 0 Å². The van der Waals surface area contributed by atoms with Gasteiger partial charge in [-0.2, -0.15) is 0 Å². The fourth-order valence-corrected chi connectivity index (χ4v) is 8.18. The third-order valence-corrected chi connectivity index (χ3v) is 11.6. The van der Waals surface area contributed by atoms with E-state index in [1.165, 1.54) is 19.3 Å². The lowest BCUT2D eigenvalue weighted by molar-refractivity contribution is -0.139. The highest BCUT2D eigenvalue weighted by Crippen LogP contribution is 2.39. The van der Waals surface area contributed by atoms with Gasteiger partial charge < -0.3 is 8.85 Å². The summed E-state index contributed by atoms with van der Waals surface area (Å²) in [5.41, 5.74) is 0.926. The van der Waals surface area contributed by atoms with E-state index in [-0.39, 0.29) is 18.0 Å². The highest BCUT2D eigenvalue weighted by molar-refractivity contribution is 6.77. The molecule has 0 bridgehead atoms. The van der Waals surface area contributed by atoms with Crippen molar-refractivity contribution in [3.05, 3.63) is 0 Å². The van der Waals surface area contributed by atoms with Gasteiger partial charge in [-0.25, -0.2) is 0 Å². The lowest BCUT2D eigenvalue weighted by Gasteiger charge is -2.39. The first-order valence-corrected chi connectivity index (χ1v) is 12.7. The molecular weight excluding hydrogens is 320 g/mol. The zero-order valence-electron chi connectivity index (χ0n) is 16.6. The molecule has 23 heavy (non-hydrogen) atoms. The summed E-state index contributed by atoms with van der Waals surface area (Å²) in [4.78, 5) is 12.6. The van der Waals surface area contributed by atoms with Crippen LogP contribution in [0.25, 0.3) is 0 Å². The van der Waals surface area contributed by atoms with Crippen molar-refractivity contribution in [3.63, 3.8) is 0 Å². The summed E-state index contributed by atoms with van der Waals surface area (Å²) >= 11 is 0. The molecule has 0 saturated carbocycles. The Morgan fingerprint density at radius 1 is 1.00 bits per heavy atom. The third kappa shape index (κ3) is 7.99. The van der Waals surface area contributed by atoms with E-state index in [4.69, 9.17) is 8.85 Å². The predicted molar refractivity (Wildman–Crippen MR) is 102 cm³/mol. The largest absolute Gasteiger partial charge is 0.518 e. The second kappa shape index (κ2) is 11.4. The van der Waals surface area contributed by atoms with E-state index in [2.05, 4.69) is 34.6 Å². The number of unbranched alkanes of at least 4 members (excludes halogenated alkanes) is 2. The van der Waals surface area contributed by atoms with Gasteiger partial charge in [-0.15, -0.1) is 0 Å². The summed E-state index contributed by atoms with van der Waals surface area (Å²) in [6, 6.07) is 1.87. The monoisotopic (exact) mass is 358 g/mol. The molecular formula is C18H38O3Si2. The molecule has 3 nitrogen and oxygen atoms in total. The molecule has 2 radical (unpaired) electrons. The molecule has 0 saturated heterocycles. The molecule has 136 valence electrons. The van der Waals surface area contributed by atoms with Crippen LogP contribution < -0.4 is 0 Å². The zero-order chi connectivity index (χ0) is 18.0. The van der Waals surface area contributed by atoms with Crippen LogP contribution in [0.5, 0.6) is 0 Å². The van der Waals surface area contributed by atoms with E-state index in [1.807, 2.05) is 20.8 Å². The second-order valence-electron chi connectivity index (χ2n) is 7.56. The van der Waals surface area contributed by atoms with Crippen LogP contribution in [0.2, 0.25) is 23.2 Å². The Hall–Kier alpha value is -0.136. The number of carbonyl (C=O) groups is 1. The molecule has 1 atom stereocenters. The average Bonchev–Trinajstić information content (AvgIpc) is 2.44. The van der Waals surface area contributed by atoms with Crippen molar-refractivity contribution in [2.24, 2.45) is 5.92 Å². The smallest absolute Gasteiger partial charge is 0.295 e. The lowest BCUT2D eigenvalue weighted by Crippen LogP contribution is -2.47. The molecule has 0 heterocycles. The normalized spacial score (nSPS) is 13.9. The molecule has 0 rings (SSSR count). The molecule has 1 unspecified atom stereocenters. The van der Waals surface area contributed by atoms with Crippen LogP contribution in [0.1, 0.15) is 74.7 Å². The van der Waals surface area contributed by atoms with E-state index in [0.29, 0.717) is 20.8 Å². The van der Waals surface area contributed by atoms with Crippen molar-refractivity contribution in [3.8, 4) is 0 Å². The van der Waals surface area contributed by atoms with Crippen LogP contribution in [0.15, 0.2) is 0 Å². The van der Waals surface area contributed by atoms with Gasteiger partial charge in [0.05, 0.1) is 5.92 Å². The van der Waals surface area contributed by atoms with Crippen molar-refractivity contribution in [2.45, 2.75) is 104 Å². The van der Waals surface area contributed by atoms with Gasteiger partial charge in [-0.05, 0) is 37.0 Å². The van der Waals surface area contributed by atoms with E-state index in [0.717, 1.165) is 12.1 Å². The molecule has 0 aromatic heterocycles. The summed E-state index contributed by atoms with van der Waals surface area (Å²) < 4.78 is 11.9. The molecule has 0 aliphatic carbocycles. The Balaban J connectivity index is 4.81. The summed E-state index contributed by atoms with van der Waals surface area (Å²) in [7, 11) is -1.68. The second-order valence-corrected chi connectivity index (χ2v) is 13.4. The maximum Gasteiger partial charge on any atom is 0.295 e. The summed E-state index contributed by atoms with van der Waals surface area (Å²) in [6.07, 6.45) is 3.84. The van der Waals surface area contributed by atoms with Crippen LogP contribution in [0, 0.1) is 5.92 Å². The summed E-state index contributed by atoms with van der Waals surface area (Å²) in [5.74, 6) is -0.0712. The number of hydrogen-bond donors (Lipinski definition) is 0. The molecule has 5 heteroatoms. The maximum atomic E-state index is 12.6. The Labute approximate surface area is 148 Å². The van der Waals surface area contributed by atoms with Gasteiger partial charge in [0.15, 0.2) is 0 Å². The highest BCUT2D eigenvalue weighted by Gasteiger charge is 2.45. The number of carbonyl (C=O) groups excluding carboxylic acids is 1. The van der Waals surface area contributed by atoms with Crippen molar-refractivity contribution in [1.82, 2.24) is 0 Å². The Kier molecular flexibility index (Phi) is 11.4. The van der Waals surface area contributed by atoms with Gasteiger partial charge in [-0.1, -0.05) is 60.8 Å². The zero-order valence-corrected chi connectivity index (χ0v) is 18.6. The topological polar surface area (TPSA) is 35.5 Å². The molecule has 0 amide bonds. The van der Waals surface area contributed by atoms with Crippen LogP contribution in [-0.4, -0.2) is 30.2 Å². The lowest BCUT2D eigenvalue weighted by atomic mass is 10.2. The SMILES string of the molecule is CCCCC[Si](OC(=O)C(C)C[Si]OC(C)C)(C(C)C)C(C)C. The van der Waals surface area contributed by atoms with Gasteiger partial charge in [0.1, 0.15) is 0 Å². The Morgan fingerprint density at radius 3 is 2.00 bits per heavy atom. The quantitative estimate of drug-likeness (QED) is 0.337. The average molecular weight is 359 g/mol. The van der Waals surface area contributed by atoms with E-state index in [9.17, 15) is 4.79 Å². The first-order chi connectivity index (χ1) is 10.7. The molecule has 0 spiro atoms. The molecule has 0 aliphatic heterocycles. The first-order valence-electron chi connectivity index (χ1n) is 9.28. The van der Waals surface area contributed by atoms with Crippen LogP contribution in [0.3, 0.4) is 0 Å². The first kappa shape index (κ1) is 22.9. The Bertz CT molecular complexity index is 322. The molecule has 0 aromatic rings. The van der Waals surface area contributed by atoms with Crippen LogP contribution >= 0.6 is 0 Å². The van der Waals surface area contributed by atoms with Crippen molar-refractivity contribution in [1.29, 1.82) is 0 Å². The van der Waals surface area contributed by atoms with E-state index >= 15 is 0 Å². The van der Waals surface area contributed by atoms with Gasteiger partial charge in [-0.3, -0.25) is 4.79 Å². The fraction of sp³-hybridized carbons (Fsp3) is 0.944. The summed E-state index contributed by atoms with van der Waals surface area (Å²) in [6.45, 7) is 17.2. The fourth-order valence-electron chi connectivity index (χ4n) is 2.89. The minimum Gasteiger partial charge on any atom is -0.518 e. The Morgan fingerprint density at radius 2 is 1.57 bits per heavy atom. The standard InChI is InChI=1S/C18H38O3Si2/c1-9-10-11-12-23(15(4)5,16(6)7)21-18(19)17(8)13-22-20-14(2)3/h14-17H,9-13H2,1-8H3. The van der Waals surface area contributed by atoms with Gasteiger partial charge in [0.25, 0.3) is 14.3 Å². The predicted octanol–water partition coefficient (Wildman–Crippen LogP) is 5.58. The minimum absolute atomic E-state index is 0.00424. The molecule has 0 aliphatic rings. The van der Waals surface area contributed by atoms with Crippen molar-refractivity contribution in [2.75, 3.05) is 0 Å². The number of hydrogen-bond acceptors (Lipinski definition) is 3. The maximum absolute atomic E-state index is 12.6. The number of rotatable bonds is 12. The van der Waals surface area contributed by atoms with Gasteiger partial charge >= 0.3 is 0 Å². The van der Waals surface area contributed by atoms with E-state index < -0.39 is 8.32 Å². The van der Waals surface area contributed by atoms with Gasteiger partial charge in [0, 0.05) is 6.10 Å². The van der Waals surface area contributed by atoms with Crippen molar-refractivity contribution < 1.29 is 13.6 Å².